The van der Waals surface area contributed by atoms with E-state index in [9.17, 15) is 9.59 Å². The molecule has 0 radical (unpaired) electrons. The first-order valence-corrected chi connectivity index (χ1v) is 10.3. The topological polar surface area (TPSA) is 71.1 Å². The Bertz CT molecular complexity index is 702. The third kappa shape index (κ3) is 4.03. The van der Waals surface area contributed by atoms with Crippen molar-refractivity contribution in [1.82, 2.24) is 15.1 Å². The van der Waals surface area contributed by atoms with Gasteiger partial charge in [-0.15, -0.1) is 0 Å². The van der Waals surface area contributed by atoms with Gasteiger partial charge in [-0.05, 0) is 37.0 Å². The normalized spacial score (nSPS) is 24.8. The molecule has 7 heteroatoms. The zero-order chi connectivity index (χ0) is 19.5. The molecule has 2 aliphatic heterocycles. The molecule has 3 fully saturated rings. The first-order chi connectivity index (χ1) is 13.6. The average Bonchev–Trinajstić information content (AvgIpc) is 3.25. The van der Waals surface area contributed by atoms with Crippen LogP contribution in [0.4, 0.5) is 9.59 Å². The lowest BCUT2D eigenvalue weighted by Crippen LogP contribution is -2.46. The van der Waals surface area contributed by atoms with Crippen molar-refractivity contribution in [2.24, 2.45) is 0 Å². The Hall–Kier alpha value is -2.44. The zero-order valence-electron chi connectivity index (χ0n) is 16.4. The minimum absolute atomic E-state index is 0.0209. The SMILES string of the molecule is COc1ccc(CCN2C(=O)O[C@@H]3CN(C(=O)NC4CCCCC4)C[C@@H]32)cc1. The Morgan fingerprint density at radius 3 is 2.64 bits per heavy atom. The van der Waals surface area contributed by atoms with Gasteiger partial charge in [0.15, 0.2) is 0 Å². The van der Waals surface area contributed by atoms with Gasteiger partial charge in [0.05, 0.1) is 19.7 Å². The molecule has 2 heterocycles. The Morgan fingerprint density at radius 2 is 1.93 bits per heavy atom. The van der Waals surface area contributed by atoms with Crippen LogP contribution in [0.3, 0.4) is 0 Å². The Balaban J connectivity index is 1.31. The molecule has 0 spiro atoms. The van der Waals surface area contributed by atoms with Gasteiger partial charge in [0.25, 0.3) is 0 Å². The summed E-state index contributed by atoms with van der Waals surface area (Å²) in [6.45, 7) is 1.61. The predicted octanol–water partition coefficient (Wildman–Crippen LogP) is 2.79. The van der Waals surface area contributed by atoms with E-state index < -0.39 is 0 Å². The average molecular weight is 387 g/mol. The second-order valence-electron chi connectivity index (χ2n) is 7.97. The smallest absolute Gasteiger partial charge is 0.410 e. The highest BCUT2D eigenvalue weighted by molar-refractivity contribution is 5.76. The summed E-state index contributed by atoms with van der Waals surface area (Å²) >= 11 is 0. The minimum atomic E-state index is -0.268. The fourth-order valence-electron chi connectivity index (χ4n) is 4.48. The van der Waals surface area contributed by atoms with E-state index in [2.05, 4.69) is 5.32 Å². The summed E-state index contributed by atoms with van der Waals surface area (Å²) in [5.41, 5.74) is 1.14. The maximum Gasteiger partial charge on any atom is 0.410 e. The van der Waals surface area contributed by atoms with Crippen LogP contribution in [-0.4, -0.2) is 66.9 Å². The molecular formula is C21H29N3O4. The summed E-state index contributed by atoms with van der Waals surface area (Å²) in [6, 6.07) is 8.08. The van der Waals surface area contributed by atoms with Gasteiger partial charge in [-0.1, -0.05) is 31.4 Å². The Morgan fingerprint density at radius 1 is 1.18 bits per heavy atom. The molecule has 1 aromatic rings. The van der Waals surface area contributed by atoms with Crippen LogP contribution in [-0.2, 0) is 11.2 Å². The largest absolute Gasteiger partial charge is 0.497 e. The summed E-state index contributed by atoms with van der Waals surface area (Å²) < 4.78 is 10.7. The number of carbonyl (C=O) groups is 2. The number of likely N-dealkylation sites (tertiary alicyclic amines) is 1. The molecule has 0 bridgehead atoms. The third-order valence-electron chi connectivity index (χ3n) is 6.14. The van der Waals surface area contributed by atoms with E-state index >= 15 is 0 Å². The molecule has 1 saturated carbocycles. The van der Waals surface area contributed by atoms with Crippen LogP contribution in [0.15, 0.2) is 24.3 Å². The molecule has 1 N–H and O–H groups in total. The van der Waals surface area contributed by atoms with E-state index in [1.807, 2.05) is 24.3 Å². The van der Waals surface area contributed by atoms with Crippen molar-refractivity contribution < 1.29 is 19.1 Å². The molecule has 2 atom stereocenters. The van der Waals surface area contributed by atoms with Crippen LogP contribution in [0.5, 0.6) is 5.75 Å². The highest BCUT2D eigenvalue weighted by Gasteiger charge is 2.48. The zero-order valence-corrected chi connectivity index (χ0v) is 16.4. The number of nitrogens with one attached hydrogen (secondary N) is 1. The number of amides is 3. The molecule has 0 unspecified atom stereocenters. The van der Waals surface area contributed by atoms with Crippen molar-refractivity contribution in [3.63, 3.8) is 0 Å². The minimum Gasteiger partial charge on any atom is -0.497 e. The maximum absolute atomic E-state index is 12.6. The molecule has 3 amide bonds. The molecule has 28 heavy (non-hydrogen) atoms. The number of hydrogen-bond donors (Lipinski definition) is 1. The van der Waals surface area contributed by atoms with Crippen LogP contribution >= 0.6 is 0 Å². The first kappa shape index (κ1) is 18.9. The monoisotopic (exact) mass is 387 g/mol. The summed E-state index contributed by atoms with van der Waals surface area (Å²) in [5, 5.41) is 3.16. The second-order valence-corrected chi connectivity index (χ2v) is 7.97. The molecule has 152 valence electrons. The number of ether oxygens (including phenoxy) is 2. The van der Waals surface area contributed by atoms with Crippen molar-refractivity contribution in [1.29, 1.82) is 0 Å². The number of rotatable bonds is 5. The van der Waals surface area contributed by atoms with E-state index in [1.165, 1.54) is 19.3 Å². The standard InChI is InChI=1S/C21H29N3O4/c1-27-17-9-7-15(8-10-17)11-12-24-18-13-23(14-19(18)28-21(24)26)20(25)22-16-5-3-2-4-6-16/h7-10,16,18-19H,2-6,11-14H2,1H3,(H,22,25)/t18-,19+/m0/s1. The van der Waals surface area contributed by atoms with E-state index in [1.54, 1.807) is 16.9 Å². The number of methoxy groups -OCH3 is 1. The quantitative estimate of drug-likeness (QED) is 0.843. The van der Waals surface area contributed by atoms with Crippen molar-refractivity contribution >= 4 is 12.1 Å². The van der Waals surface area contributed by atoms with Crippen molar-refractivity contribution in [3.8, 4) is 5.75 Å². The van der Waals surface area contributed by atoms with E-state index in [0.29, 0.717) is 19.6 Å². The maximum atomic E-state index is 12.6. The van der Waals surface area contributed by atoms with Gasteiger partial charge >= 0.3 is 12.1 Å². The molecule has 3 aliphatic rings. The van der Waals surface area contributed by atoms with Gasteiger partial charge in [0, 0.05) is 19.1 Å². The van der Waals surface area contributed by atoms with Crippen molar-refractivity contribution in [2.45, 2.75) is 56.7 Å². The number of hydrogen-bond acceptors (Lipinski definition) is 4. The van der Waals surface area contributed by atoms with Crippen LogP contribution in [0.2, 0.25) is 0 Å². The number of carbonyl (C=O) groups excluding carboxylic acids is 2. The molecule has 4 rings (SSSR count). The first-order valence-electron chi connectivity index (χ1n) is 10.3. The molecule has 7 nitrogen and oxygen atoms in total. The van der Waals surface area contributed by atoms with Crippen molar-refractivity contribution in [3.05, 3.63) is 29.8 Å². The lowest BCUT2D eigenvalue weighted by atomic mass is 9.96. The van der Waals surface area contributed by atoms with Gasteiger partial charge in [-0.3, -0.25) is 4.90 Å². The molecular weight excluding hydrogens is 358 g/mol. The number of urea groups is 1. The number of nitrogens with zero attached hydrogens (tertiary/aromatic N) is 2. The van der Waals surface area contributed by atoms with Gasteiger partial charge in [0.2, 0.25) is 0 Å². The lowest BCUT2D eigenvalue weighted by molar-refractivity contribution is 0.122. The fourth-order valence-corrected chi connectivity index (χ4v) is 4.48. The van der Waals surface area contributed by atoms with Gasteiger partial charge in [-0.2, -0.15) is 0 Å². The van der Waals surface area contributed by atoms with Crippen LogP contribution in [0, 0.1) is 0 Å². The summed E-state index contributed by atoms with van der Waals surface area (Å²) in [6.07, 6.45) is 6.03. The van der Waals surface area contributed by atoms with Gasteiger partial charge < -0.3 is 19.7 Å². The molecule has 2 saturated heterocycles. The fraction of sp³-hybridized carbons (Fsp3) is 0.619. The van der Waals surface area contributed by atoms with Crippen LogP contribution < -0.4 is 10.1 Å². The van der Waals surface area contributed by atoms with Gasteiger partial charge in [0.1, 0.15) is 11.9 Å². The number of benzene rings is 1. The lowest BCUT2D eigenvalue weighted by Gasteiger charge is -2.27. The van der Waals surface area contributed by atoms with Gasteiger partial charge in [-0.25, -0.2) is 9.59 Å². The summed E-state index contributed by atoms with van der Waals surface area (Å²) in [5.74, 6) is 0.819. The highest BCUT2D eigenvalue weighted by Crippen LogP contribution is 2.28. The molecule has 0 aromatic heterocycles. The number of fused-ring (bicyclic) bond motifs is 1. The van der Waals surface area contributed by atoms with E-state index in [-0.39, 0.29) is 30.3 Å². The van der Waals surface area contributed by atoms with E-state index in [0.717, 1.165) is 30.6 Å². The summed E-state index contributed by atoms with van der Waals surface area (Å²) in [7, 11) is 1.64. The predicted molar refractivity (Wildman–Crippen MR) is 104 cm³/mol. The third-order valence-corrected chi connectivity index (χ3v) is 6.14. The molecule has 1 aliphatic carbocycles. The molecule has 1 aromatic carbocycles. The highest BCUT2D eigenvalue weighted by atomic mass is 16.6. The Labute approximate surface area is 166 Å². The second kappa shape index (κ2) is 8.29. The summed E-state index contributed by atoms with van der Waals surface area (Å²) in [4.78, 5) is 28.5. The van der Waals surface area contributed by atoms with E-state index in [4.69, 9.17) is 9.47 Å². The van der Waals surface area contributed by atoms with Crippen molar-refractivity contribution in [2.75, 3.05) is 26.7 Å². The van der Waals surface area contributed by atoms with Crippen LogP contribution in [0.1, 0.15) is 37.7 Å². The van der Waals surface area contributed by atoms with Crippen LogP contribution in [0.25, 0.3) is 0 Å². The Kier molecular flexibility index (Phi) is 5.59.